The van der Waals surface area contributed by atoms with Gasteiger partial charge in [0.15, 0.2) is 0 Å². The Morgan fingerprint density at radius 1 is 0.263 bits per heavy atom. The van der Waals surface area contributed by atoms with Crippen molar-refractivity contribution in [1.82, 2.24) is 0 Å². The average Bonchev–Trinajstić information content (AvgIpc) is 3.51. The van der Waals surface area contributed by atoms with Gasteiger partial charge in [0, 0.05) is 33.6 Å². The first-order chi connectivity index (χ1) is 37.7. The molecule has 352 valence electrons. The fourth-order valence-corrected chi connectivity index (χ4v) is 11.1. The smallest absolute Gasteiger partial charge is 0.322 e. The molecule has 0 amide bonds. The van der Waals surface area contributed by atoms with Gasteiger partial charge in [0.2, 0.25) is 0 Å². The molecule has 0 aromatic heterocycles. The number of rotatable bonds is 4. The normalized spacial score (nSPS) is 13.3. The summed E-state index contributed by atoms with van der Waals surface area (Å²) < 4.78 is 0. The summed E-state index contributed by atoms with van der Waals surface area (Å²) in [6.45, 7) is 0.0575. The van der Waals surface area contributed by atoms with Crippen LogP contribution in [0.15, 0.2) is 278 Å². The van der Waals surface area contributed by atoms with Crippen LogP contribution in [0.3, 0.4) is 0 Å². The maximum absolute atomic E-state index is 3.88. The first-order valence-electron chi connectivity index (χ1n) is 26.0. The van der Waals surface area contributed by atoms with Gasteiger partial charge < -0.3 is 10.5 Å². The Morgan fingerprint density at radius 2 is 0.566 bits per heavy atom. The molecule has 0 bridgehead atoms. The SMILES string of the molecule is C(#Cc1ccc2c(c1)B1Nc3ccccc3C=C1C(c1ccccc1)=C2c1ccccc1)c1ccccc1.C(#Cc1ccc2c(c1)B1Nc3ccccc3C=C1C(c1ccccc1)=C2c1ccccc1)c1ccccc1. The first kappa shape index (κ1) is 45.8. The number of hydrogen-bond donors (Lipinski definition) is 2. The van der Waals surface area contributed by atoms with Crippen molar-refractivity contribution in [2.75, 3.05) is 10.5 Å². The van der Waals surface area contributed by atoms with Crippen LogP contribution in [0.4, 0.5) is 11.4 Å². The Balaban J connectivity index is 0.000000146. The number of hydrogen-bond acceptors (Lipinski definition) is 2. The number of anilines is 2. The molecule has 0 aliphatic carbocycles. The van der Waals surface area contributed by atoms with Gasteiger partial charge in [-0.1, -0.05) is 242 Å². The van der Waals surface area contributed by atoms with Gasteiger partial charge in [-0.2, -0.15) is 0 Å². The van der Waals surface area contributed by atoms with E-state index in [1.165, 1.54) is 88.7 Å². The molecule has 0 atom stereocenters. The van der Waals surface area contributed by atoms with Gasteiger partial charge in [-0.05, 0) is 149 Å². The molecule has 4 aliphatic heterocycles. The number of para-hydroxylation sites is 2. The Morgan fingerprint density at radius 3 is 0.934 bits per heavy atom. The minimum absolute atomic E-state index is 0.0287. The van der Waals surface area contributed by atoms with E-state index in [2.05, 4.69) is 253 Å². The van der Waals surface area contributed by atoms with E-state index >= 15 is 0 Å². The first-order valence-corrected chi connectivity index (χ1v) is 26.0. The molecule has 0 fully saturated rings. The van der Waals surface area contributed by atoms with Crippen LogP contribution in [-0.2, 0) is 0 Å². The summed E-state index contributed by atoms with van der Waals surface area (Å²) in [5.74, 6) is 13.5. The number of nitrogens with one attached hydrogen (secondary N) is 2. The molecule has 0 saturated heterocycles. The van der Waals surface area contributed by atoms with Gasteiger partial charge in [-0.25, -0.2) is 0 Å². The second-order valence-corrected chi connectivity index (χ2v) is 19.3. The third-order valence-electron chi connectivity index (χ3n) is 14.6. The minimum Gasteiger partial charge on any atom is -0.420 e. The van der Waals surface area contributed by atoms with Crippen LogP contribution in [-0.4, -0.2) is 13.7 Å². The molecule has 4 heteroatoms. The van der Waals surface area contributed by atoms with Crippen molar-refractivity contribution in [3.8, 4) is 23.7 Å². The lowest BCUT2D eigenvalue weighted by Crippen LogP contribution is -2.47. The lowest BCUT2D eigenvalue weighted by atomic mass is 9.42. The minimum atomic E-state index is 0.0287. The molecular formula is C72H48B2N2. The summed E-state index contributed by atoms with van der Waals surface area (Å²) >= 11 is 0. The van der Waals surface area contributed by atoms with Gasteiger partial charge in [0.1, 0.15) is 0 Å². The number of fused-ring (bicyclic) bond motifs is 8. The second kappa shape index (κ2) is 20.5. The Bertz CT molecular complexity index is 3810. The summed E-state index contributed by atoms with van der Waals surface area (Å²) in [6.07, 6.45) is 4.74. The topological polar surface area (TPSA) is 24.1 Å². The lowest BCUT2D eigenvalue weighted by molar-refractivity contribution is 1.49. The maximum atomic E-state index is 3.88. The molecule has 0 saturated carbocycles. The monoisotopic (exact) mass is 962 g/mol. The maximum Gasteiger partial charge on any atom is 0.322 e. The van der Waals surface area contributed by atoms with Gasteiger partial charge in [0.25, 0.3) is 0 Å². The Kier molecular flexibility index (Phi) is 12.4. The van der Waals surface area contributed by atoms with Crippen molar-refractivity contribution in [2.45, 2.75) is 0 Å². The molecule has 10 aromatic rings. The molecule has 0 unspecified atom stereocenters. The Hall–Kier alpha value is -9.99. The standard InChI is InChI=1S/2C36H24BN/c2*1-4-12-26(13-5-1)20-21-27-22-23-31-32(24-27)37-33(25-30-18-10-11-19-34(30)38-37)36(29-16-8-3-9-17-29)35(31)28-14-6-2-7-15-28/h2*1-19,22-25,38H. The van der Waals surface area contributed by atoms with Crippen molar-refractivity contribution >= 4 is 70.4 Å². The van der Waals surface area contributed by atoms with Crippen LogP contribution >= 0.6 is 0 Å². The van der Waals surface area contributed by atoms with E-state index in [4.69, 9.17) is 0 Å². The van der Waals surface area contributed by atoms with E-state index < -0.39 is 0 Å². The lowest BCUT2D eigenvalue weighted by Gasteiger charge is -2.35. The van der Waals surface area contributed by atoms with Gasteiger partial charge in [-0.3, -0.25) is 0 Å². The number of allylic oxidation sites excluding steroid dienone is 4. The summed E-state index contributed by atoms with van der Waals surface area (Å²) in [6, 6.07) is 94.0. The second-order valence-electron chi connectivity index (χ2n) is 19.3. The molecule has 2 nitrogen and oxygen atoms in total. The van der Waals surface area contributed by atoms with Crippen LogP contribution in [0.5, 0.6) is 0 Å². The average molecular weight is 963 g/mol. The van der Waals surface area contributed by atoms with Crippen molar-refractivity contribution in [3.05, 3.63) is 345 Å². The van der Waals surface area contributed by atoms with E-state index in [1.807, 2.05) is 60.7 Å². The van der Waals surface area contributed by atoms with Crippen LogP contribution in [0, 0.1) is 23.7 Å². The van der Waals surface area contributed by atoms with Gasteiger partial charge >= 0.3 is 13.7 Å². The highest BCUT2D eigenvalue weighted by atomic mass is 14.8. The van der Waals surface area contributed by atoms with E-state index in [-0.39, 0.29) is 13.7 Å². The molecule has 4 heterocycles. The predicted molar refractivity (Wildman–Crippen MR) is 322 cm³/mol. The highest BCUT2D eigenvalue weighted by Crippen LogP contribution is 2.46. The van der Waals surface area contributed by atoms with Crippen molar-refractivity contribution in [1.29, 1.82) is 0 Å². The molecule has 2 N–H and O–H groups in total. The third kappa shape index (κ3) is 9.00. The van der Waals surface area contributed by atoms with Crippen LogP contribution in [0.25, 0.3) is 34.4 Å². The van der Waals surface area contributed by atoms with E-state index in [0.717, 1.165) is 33.6 Å². The van der Waals surface area contributed by atoms with Crippen LogP contribution in [0.1, 0.15) is 66.8 Å². The van der Waals surface area contributed by atoms with Gasteiger partial charge in [-0.15, -0.1) is 0 Å². The van der Waals surface area contributed by atoms with E-state index in [9.17, 15) is 0 Å². The largest absolute Gasteiger partial charge is 0.420 e. The predicted octanol–water partition coefficient (Wildman–Crippen LogP) is 14.6. The zero-order valence-corrected chi connectivity index (χ0v) is 41.7. The van der Waals surface area contributed by atoms with Gasteiger partial charge in [0.05, 0.1) is 0 Å². The summed E-state index contributed by atoms with van der Waals surface area (Å²) in [5, 5.41) is 7.75. The summed E-state index contributed by atoms with van der Waals surface area (Å²) in [5.41, 5.74) is 26.3. The molecular weight excluding hydrogens is 914 g/mol. The Labute approximate surface area is 446 Å². The summed E-state index contributed by atoms with van der Waals surface area (Å²) in [7, 11) is 0. The third-order valence-corrected chi connectivity index (χ3v) is 14.6. The quantitative estimate of drug-likeness (QED) is 0.136. The summed E-state index contributed by atoms with van der Waals surface area (Å²) in [4.78, 5) is 0. The number of benzene rings is 10. The molecule has 4 aliphatic rings. The van der Waals surface area contributed by atoms with Crippen LogP contribution in [0.2, 0.25) is 0 Å². The molecule has 76 heavy (non-hydrogen) atoms. The fraction of sp³-hybridized carbons (Fsp3) is 0. The van der Waals surface area contributed by atoms with Crippen LogP contribution < -0.4 is 21.4 Å². The highest BCUT2D eigenvalue weighted by molar-refractivity contribution is 6.88. The fourth-order valence-electron chi connectivity index (χ4n) is 11.1. The van der Waals surface area contributed by atoms with E-state index in [0.29, 0.717) is 0 Å². The molecule has 14 rings (SSSR count). The molecule has 0 spiro atoms. The molecule has 10 aromatic carbocycles. The molecule has 0 radical (unpaired) electrons. The van der Waals surface area contributed by atoms with Crippen molar-refractivity contribution in [2.24, 2.45) is 0 Å². The zero-order valence-electron chi connectivity index (χ0n) is 41.7. The van der Waals surface area contributed by atoms with E-state index in [1.54, 1.807) is 0 Å². The van der Waals surface area contributed by atoms with Crippen molar-refractivity contribution < 1.29 is 0 Å². The highest BCUT2D eigenvalue weighted by Gasteiger charge is 2.40. The van der Waals surface area contributed by atoms with Crippen molar-refractivity contribution in [3.63, 3.8) is 0 Å². The zero-order chi connectivity index (χ0) is 50.6.